The topological polar surface area (TPSA) is 108 Å². The number of non-ortho nitro benzene ring substituents is 1. The molecule has 0 aromatic heterocycles. The van der Waals surface area contributed by atoms with E-state index in [4.69, 9.17) is 10.6 Å². The predicted octanol–water partition coefficient (Wildman–Crippen LogP) is 2.34. The lowest BCUT2D eigenvalue weighted by Crippen LogP contribution is -2.21. The molecule has 0 radical (unpaired) electrons. The van der Waals surface area contributed by atoms with Crippen molar-refractivity contribution in [3.63, 3.8) is 0 Å². The average Bonchev–Trinajstić information content (AvgIpc) is 2.53. The first kappa shape index (κ1) is 15.0. The second-order valence-electron chi connectivity index (χ2n) is 5.03. The van der Waals surface area contributed by atoms with E-state index in [1.165, 1.54) is 18.2 Å². The standard InChI is InChI=1S/C14H17N3O4/c15-13(11-7-4-8-12(9-11)17(19)20)16-21-14(18)10-5-2-1-3-6-10/h4,7-10H,1-3,5-6H2,(H2,15,16). The summed E-state index contributed by atoms with van der Waals surface area (Å²) in [4.78, 5) is 26.8. The Balaban J connectivity index is 2.01. The van der Waals surface area contributed by atoms with Gasteiger partial charge in [-0.05, 0) is 12.8 Å². The molecule has 0 heterocycles. The first-order valence-corrected chi connectivity index (χ1v) is 6.87. The fourth-order valence-electron chi connectivity index (χ4n) is 2.34. The molecule has 1 aromatic rings. The lowest BCUT2D eigenvalue weighted by atomic mass is 9.89. The molecule has 0 amide bonds. The van der Waals surface area contributed by atoms with Crippen LogP contribution < -0.4 is 5.73 Å². The Hall–Kier alpha value is -2.44. The zero-order valence-corrected chi connectivity index (χ0v) is 11.5. The van der Waals surface area contributed by atoms with E-state index in [-0.39, 0.29) is 23.4 Å². The van der Waals surface area contributed by atoms with Gasteiger partial charge in [0.1, 0.15) is 0 Å². The minimum atomic E-state index is -0.523. The van der Waals surface area contributed by atoms with Crippen LogP contribution in [0.25, 0.3) is 0 Å². The second kappa shape index (κ2) is 6.83. The van der Waals surface area contributed by atoms with Crippen LogP contribution in [0.5, 0.6) is 0 Å². The van der Waals surface area contributed by atoms with Crippen LogP contribution in [0.1, 0.15) is 37.7 Å². The fourth-order valence-corrected chi connectivity index (χ4v) is 2.34. The summed E-state index contributed by atoms with van der Waals surface area (Å²) in [6.45, 7) is 0. The van der Waals surface area contributed by atoms with Crippen LogP contribution in [0.3, 0.4) is 0 Å². The lowest BCUT2D eigenvalue weighted by molar-refractivity contribution is -0.384. The number of nitrogens with two attached hydrogens (primary N) is 1. The number of rotatable bonds is 4. The third kappa shape index (κ3) is 4.01. The van der Waals surface area contributed by atoms with Crippen molar-refractivity contribution < 1.29 is 14.6 Å². The molecule has 2 rings (SSSR count). The fraction of sp³-hybridized carbons (Fsp3) is 0.429. The molecule has 1 saturated carbocycles. The van der Waals surface area contributed by atoms with Gasteiger partial charge in [-0.3, -0.25) is 10.1 Å². The van der Waals surface area contributed by atoms with Crippen molar-refractivity contribution in [2.45, 2.75) is 32.1 Å². The molecule has 1 fully saturated rings. The van der Waals surface area contributed by atoms with Crippen molar-refractivity contribution in [1.82, 2.24) is 0 Å². The molecule has 21 heavy (non-hydrogen) atoms. The summed E-state index contributed by atoms with van der Waals surface area (Å²) in [6, 6.07) is 5.71. The Morgan fingerprint density at radius 2 is 2.05 bits per heavy atom. The Bertz CT molecular complexity index is 565. The molecular weight excluding hydrogens is 274 g/mol. The predicted molar refractivity (Wildman–Crippen MR) is 76.5 cm³/mol. The number of oxime groups is 1. The SMILES string of the molecule is N/C(=N/OC(=O)C1CCCCC1)c1cccc([N+](=O)[O-])c1. The minimum absolute atomic E-state index is 0.0529. The Morgan fingerprint density at radius 1 is 1.33 bits per heavy atom. The Labute approximate surface area is 121 Å². The van der Waals surface area contributed by atoms with Crippen LogP contribution in [-0.2, 0) is 9.63 Å². The molecule has 0 atom stereocenters. The summed E-state index contributed by atoms with van der Waals surface area (Å²) >= 11 is 0. The average molecular weight is 291 g/mol. The number of amidine groups is 1. The summed E-state index contributed by atoms with van der Waals surface area (Å²) in [5.41, 5.74) is 5.95. The van der Waals surface area contributed by atoms with Gasteiger partial charge in [0, 0.05) is 17.7 Å². The van der Waals surface area contributed by atoms with Gasteiger partial charge in [0.15, 0.2) is 5.84 Å². The first-order valence-electron chi connectivity index (χ1n) is 6.87. The van der Waals surface area contributed by atoms with Crippen LogP contribution in [0, 0.1) is 16.0 Å². The molecular formula is C14H17N3O4. The molecule has 1 aliphatic rings. The van der Waals surface area contributed by atoms with Crippen molar-refractivity contribution in [2.24, 2.45) is 16.8 Å². The lowest BCUT2D eigenvalue weighted by Gasteiger charge is -2.18. The zero-order chi connectivity index (χ0) is 15.2. The summed E-state index contributed by atoms with van der Waals surface area (Å²) in [6.07, 6.45) is 4.80. The molecule has 1 aromatic carbocycles. The van der Waals surface area contributed by atoms with E-state index in [1.54, 1.807) is 6.07 Å². The van der Waals surface area contributed by atoms with Gasteiger partial charge in [0.2, 0.25) is 0 Å². The van der Waals surface area contributed by atoms with E-state index in [9.17, 15) is 14.9 Å². The van der Waals surface area contributed by atoms with Gasteiger partial charge >= 0.3 is 5.97 Å². The Kier molecular flexibility index (Phi) is 4.86. The van der Waals surface area contributed by atoms with E-state index in [0.29, 0.717) is 5.56 Å². The molecule has 7 nitrogen and oxygen atoms in total. The smallest absolute Gasteiger partial charge is 0.338 e. The highest BCUT2D eigenvalue weighted by Gasteiger charge is 2.23. The summed E-state index contributed by atoms with van der Waals surface area (Å²) in [7, 11) is 0. The highest BCUT2D eigenvalue weighted by atomic mass is 16.7. The van der Waals surface area contributed by atoms with Gasteiger partial charge in [-0.2, -0.15) is 0 Å². The van der Waals surface area contributed by atoms with E-state index >= 15 is 0 Å². The van der Waals surface area contributed by atoms with Crippen molar-refractivity contribution in [1.29, 1.82) is 0 Å². The van der Waals surface area contributed by atoms with Gasteiger partial charge in [-0.25, -0.2) is 4.79 Å². The number of hydrogen-bond acceptors (Lipinski definition) is 5. The quantitative estimate of drug-likeness (QED) is 0.301. The molecule has 112 valence electrons. The van der Waals surface area contributed by atoms with Gasteiger partial charge < -0.3 is 10.6 Å². The van der Waals surface area contributed by atoms with Crippen LogP contribution in [0.4, 0.5) is 5.69 Å². The highest BCUT2D eigenvalue weighted by molar-refractivity contribution is 5.98. The maximum Gasteiger partial charge on any atom is 0.338 e. The van der Waals surface area contributed by atoms with Crippen LogP contribution in [0.2, 0.25) is 0 Å². The third-order valence-corrected chi connectivity index (χ3v) is 3.53. The van der Waals surface area contributed by atoms with Crippen molar-refractivity contribution in [3.05, 3.63) is 39.9 Å². The van der Waals surface area contributed by atoms with E-state index < -0.39 is 4.92 Å². The summed E-state index contributed by atoms with van der Waals surface area (Å²) in [5.74, 6) is -0.564. The molecule has 0 spiro atoms. The zero-order valence-electron chi connectivity index (χ0n) is 11.5. The van der Waals surface area contributed by atoms with Crippen LogP contribution >= 0.6 is 0 Å². The van der Waals surface area contributed by atoms with Gasteiger partial charge in [-0.1, -0.05) is 36.6 Å². The molecule has 7 heteroatoms. The van der Waals surface area contributed by atoms with Crippen molar-refractivity contribution in [3.8, 4) is 0 Å². The molecule has 0 saturated heterocycles. The second-order valence-corrected chi connectivity index (χ2v) is 5.03. The molecule has 0 unspecified atom stereocenters. The normalized spacial score (nSPS) is 16.5. The number of nitro benzene ring substituents is 1. The monoisotopic (exact) mass is 291 g/mol. The van der Waals surface area contributed by atoms with E-state index in [0.717, 1.165) is 32.1 Å². The van der Waals surface area contributed by atoms with Crippen molar-refractivity contribution in [2.75, 3.05) is 0 Å². The van der Waals surface area contributed by atoms with Gasteiger partial charge in [0.25, 0.3) is 5.69 Å². The van der Waals surface area contributed by atoms with E-state index in [1.807, 2.05) is 0 Å². The molecule has 2 N–H and O–H groups in total. The maximum absolute atomic E-state index is 11.8. The first-order chi connectivity index (χ1) is 10.1. The summed E-state index contributed by atoms with van der Waals surface area (Å²) in [5, 5.41) is 14.3. The molecule has 0 aliphatic heterocycles. The third-order valence-electron chi connectivity index (χ3n) is 3.53. The van der Waals surface area contributed by atoms with Crippen LogP contribution in [-0.4, -0.2) is 16.7 Å². The Morgan fingerprint density at radius 3 is 2.71 bits per heavy atom. The number of benzene rings is 1. The van der Waals surface area contributed by atoms with Gasteiger partial charge in [0.05, 0.1) is 10.8 Å². The van der Waals surface area contributed by atoms with Gasteiger partial charge in [-0.15, -0.1) is 0 Å². The highest BCUT2D eigenvalue weighted by Crippen LogP contribution is 2.24. The van der Waals surface area contributed by atoms with Crippen molar-refractivity contribution >= 4 is 17.5 Å². The maximum atomic E-state index is 11.8. The summed E-state index contributed by atoms with van der Waals surface area (Å²) < 4.78 is 0. The van der Waals surface area contributed by atoms with Crippen LogP contribution in [0.15, 0.2) is 29.4 Å². The molecule has 1 aliphatic carbocycles. The number of carbonyl (C=O) groups excluding carboxylic acids is 1. The number of hydrogen-bond donors (Lipinski definition) is 1. The number of carbonyl (C=O) groups is 1. The number of nitrogens with zero attached hydrogens (tertiary/aromatic N) is 2. The van der Waals surface area contributed by atoms with E-state index in [2.05, 4.69) is 5.16 Å². The minimum Gasteiger partial charge on any atom is -0.380 e. The largest absolute Gasteiger partial charge is 0.380 e. The number of nitro groups is 1. The molecule has 0 bridgehead atoms.